The third-order valence-corrected chi connectivity index (χ3v) is 2.99. The van der Waals surface area contributed by atoms with Gasteiger partial charge in [0.15, 0.2) is 23.1 Å². The van der Waals surface area contributed by atoms with Crippen molar-refractivity contribution >= 4 is 11.6 Å². The van der Waals surface area contributed by atoms with E-state index in [0.29, 0.717) is 11.5 Å². The van der Waals surface area contributed by atoms with Crippen LogP contribution in [0.15, 0.2) is 42.5 Å². The summed E-state index contributed by atoms with van der Waals surface area (Å²) in [4.78, 5) is 12.0. The third kappa shape index (κ3) is 2.79. The number of benzene rings is 2. The van der Waals surface area contributed by atoms with Crippen LogP contribution in [0.1, 0.15) is 0 Å². The lowest BCUT2D eigenvalue weighted by molar-refractivity contribution is -0.125. The Hall–Kier alpha value is -2.63. The minimum atomic E-state index is -1.03. The second-order valence-electron chi connectivity index (χ2n) is 4.48. The Morgan fingerprint density at radius 1 is 1.10 bits per heavy atom. The number of hydrogen-bond donors (Lipinski definition) is 1. The molecular weight excluding hydrogens is 280 g/mol. The molecule has 0 saturated heterocycles. The molecule has 6 heteroatoms. The molecule has 0 saturated carbocycles. The highest BCUT2D eigenvalue weighted by Gasteiger charge is 2.27. The summed E-state index contributed by atoms with van der Waals surface area (Å²) >= 11 is 0. The Kier molecular flexibility index (Phi) is 3.43. The number of ether oxygens (including phenoxy) is 2. The molecule has 3 rings (SSSR count). The van der Waals surface area contributed by atoms with E-state index < -0.39 is 23.6 Å². The van der Waals surface area contributed by atoms with Crippen molar-refractivity contribution < 1.29 is 23.0 Å². The van der Waals surface area contributed by atoms with Crippen LogP contribution in [0.3, 0.4) is 0 Å². The molecule has 0 radical (unpaired) electrons. The van der Waals surface area contributed by atoms with Crippen molar-refractivity contribution in [2.24, 2.45) is 0 Å². The van der Waals surface area contributed by atoms with E-state index in [2.05, 4.69) is 5.32 Å². The lowest BCUT2D eigenvalue weighted by atomic mass is 10.2. The second-order valence-corrected chi connectivity index (χ2v) is 4.48. The molecule has 2 aromatic carbocycles. The number of para-hydroxylation sites is 2. The topological polar surface area (TPSA) is 47.6 Å². The van der Waals surface area contributed by atoms with E-state index in [1.807, 2.05) is 0 Å². The zero-order valence-electron chi connectivity index (χ0n) is 10.8. The van der Waals surface area contributed by atoms with Crippen LogP contribution in [0.2, 0.25) is 0 Å². The van der Waals surface area contributed by atoms with Gasteiger partial charge in [-0.05, 0) is 24.3 Å². The van der Waals surface area contributed by atoms with Crippen LogP contribution >= 0.6 is 0 Å². The molecule has 0 aliphatic carbocycles. The molecular formula is C15H11F2NO3. The predicted octanol–water partition coefficient (Wildman–Crippen LogP) is 2.74. The molecule has 1 heterocycles. The van der Waals surface area contributed by atoms with Crippen LogP contribution < -0.4 is 14.8 Å². The number of hydrogen-bond acceptors (Lipinski definition) is 3. The minimum Gasteiger partial charge on any atom is -0.485 e. The molecule has 2 aromatic rings. The second kappa shape index (κ2) is 5.40. The number of nitrogens with one attached hydrogen (secondary N) is 1. The number of carbonyl (C=O) groups is 1. The summed E-state index contributed by atoms with van der Waals surface area (Å²) in [6, 6.07) is 10.1. The Morgan fingerprint density at radius 2 is 1.86 bits per heavy atom. The van der Waals surface area contributed by atoms with E-state index in [1.165, 1.54) is 6.07 Å². The van der Waals surface area contributed by atoms with Gasteiger partial charge in [-0.15, -0.1) is 0 Å². The highest BCUT2D eigenvalue weighted by atomic mass is 19.2. The first-order valence-electron chi connectivity index (χ1n) is 6.28. The monoisotopic (exact) mass is 291 g/mol. The zero-order valence-corrected chi connectivity index (χ0v) is 10.8. The highest BCUT2D eigenvalue weighted by Crippen LogP contribution is 2.31. The smallest absolute Gasteiger partial charge is 0.269 e. The van der Waals surface area contributed by atoms with Crippen LogP contribution in [-0.4, -0.2) is 18.6 Å². The summed E-state index contributed by atoms with van der Waals surface area (Å²) < 4.78 is 36.8. The van der Waals surface area contributed by atoms with Crippen molar-refractivity contribution in [3.8, 4) is 11.5 Å². The standard InChI is InChI=1S/C15H11F2NO3/c16-10-6-5-9(7-11(10)17)18-15(19)14-8-20-12-3-1-2-4-13(12)21-14/h1-7,14H,8H2,(H,18,19)/t14-/m0/s1. The van der Waals surface area contributed by atoms with Gasteiger partial charge >= 0.3 is 0 Å². The van der Waals surface area contributed by atoms with Crippen molar-refractivity contribution in [3.05, 3.63) is 54.1 Å². The van der Waals surface area contributed by atoms with Crippen molar-refractivity contribution in [1.29, 1.82) is 0 Å². The Labute approximate surface area is 119 Å². The van der Waals surface area contributed by atoms with E-state index in [1.54, 1.807) is 24.3 Å². The van der Waals surface area contributed by atoms with Crippen molar-refractivity contribution in [2.45, 2.75) is 6.10 Å². The lowest BCUT2D eigenvalue weighted by Gasteiger charge is -2.25. The van der Waals surface area contributed by atoms with Crippen LogP contribution in [-0.2, 0) is 4.79 Å². The fraction of sp³-hybridized carbons (Fsp3) is 0.133. The lowest BCUT2D eigenvalue weighted by Crippen LogP contribution is -2.40. The SMILES string of the molecule is O=C(Nc1ccc(F)c(F)c1)[C@@H]1COc2ccccc2O1. The van der Waals surface area contributed by atoms with Crippen LogP contribution in [0.25, 0.3) is 0 Å². The average Bonchev–Trinajstić information content (AvgIpc) is 2.50. The maximum atomic E-state index is 13.1. The van der Waals surface area contributed by atoms with E-state index in [4.69, 9.17) is 9.47 Å². The summed E-state index contributed by atoms with van der Waals surface area (Å²) in [7, 11) is 0. The normalized spacial score (nSPS) is 16.4. The van der Waals surface area contributed by atoms with E-state index >= 15 is 0 Å². The van der Waals surface area contributed by atoms with Gasteiger partial charge in [0.2, 0.25) is 6.10 Å². The number of fused-ring (bicyclic) bond motifs is 1. The predicted molar refractivity (Wildman–Crippen MR) is 71.3 cm³/mol. The van der Waals surface area contributed by atoms with Gasteiger partial charge in [0.05, 0.1) is 0 Å². The van der Waals surface area contributed by atoms with Gasteiger partial charge in [0, 0.05) is 11.8 Å². The Balaban J connectivity index is 1.70. The number of rotatable bonds is 2. The molecule has 108 valence electrons. The van der Waals surface area contributed by atoms with E-state index in [-0.39, 0.29) is 12.3 Å². The first-order chi connectivity index (χ1) is 10.1. The van der Waals surface area contributed by atoms with Crippen molar-refractivity contribution in [3.63, 3.8) is 0 Å². The molecule has 1 amide bonds. The molecule has 0 bridgehead atoms. The summed E-state index contributed by atoms with van der Waals surface area (Å²) in [5.74, 6) is -1.46. The van der Waals surface area contributed by atoms with Crippen LogP contribution in [0.5, 0.6) is 11.5 Å². The summed E-state index contributed by atoms with van der Waals surface area (Å²) in [5.41, 5.74) is 0.154. The molecule has 1 aliphatic rings. The van der Waals surface area contributed by atoms with Gasteiger partial charge in [0.25, 0.3) is 5.91 Å². The molecule has 4 nitrogen and oxygen atoms in total. The van der Waals surface area contributed by atoms with Crippen LogP contribution in [0.4, 0.5) is 14.5 Å². The Morgan fingerprint density at radius 3 is 2.62 bits per heavy atom. The zero-order chi connectivity index (χ0) is 14.8. The summed E-state index contributed by atoms with van der Waals surface area (Å²) in [6.07, 6.45) is -0.854. The molecule has 0 aromatic heterocycles. The third-order valence-electron chi connectivity index (χ3n) is 2.99. The maximum absolute atomic E-state index is 13.1. The van der Waals surface area contributed by atoms with Gasteiger partial charge in [0.1, 0.15) is 6.61 Å². The fourth-order valence-electron chi connectivity index (χ4n) is 1.95. The summed E-state index contributed by atoms with van der Waals surface area (Å²) in [6.45, 7) is 0.0481. The Bertz CT molecular complexity index is 690. The highest BCUT2D eigenvalue weighted by molar-refractivity contribution is 5.94. The van der Waals surface area contributed by atoms with Gasteiger partial charge in [-0.25, -0.2) is 8.78 Å². The molecule has 0 fully saturated rings. The van der Waals surface area contributed by atoms with Crippen LogP contribution in [0, 0.1) is 11.6 Å². The molecule has 0 spiro atoms. The largest absolute Gasteiger partial charge is 0.485 e. The van der Waals surface area contributed by atoms with Gasteiger partial charge in [-0.2, -0.15) is 0 Å². The van der Waals surface area contributed by atoms with Gasteiger partial charge in [-0.1, -0.05) is 12.1 Å². The number of anilines is 1. The number of halogens is 2. The van der Waals surface area contributed by atoms with E-state index in [9.17, 15) is 13.6 Å². The van der Waals surface area contributed by atoms with Crippen molar-refractivity contribution in [2.75, 3.05) is 11.9 Å². The molecule has 1 aliphatic heterocycles. The molecule has 0 unspecified atom stereocenters. The van der Waals surface area contributed by atoms with Gasteiger partial charge < -0.3 is 14.8 Å². The fourth-order valence-corrected chi connectivity index (χ4v) is 1.95. The quantitative estimate of drug-likeness (QED) is 0.925. The average molecular weight is 291 g/mol. The number of amides is 1. The van der Waals surface area contributed by atoms with Crippen molar-refractivity contribution in [1.82, 2.24) is 0 Å². The van der Waals surface area contributed by atoms with E-state index in [0.717, 1.165) is 12.1 Å². The first-order valence-corrected chi connectivity index (χ1v) is 6.28. The first kappa shape index (κ1) is 13.4. The van der Waals surface area contributed by atoms with Gasteiger partial charge in [-0.3, -0.25) is 4.79 Å². The number of carbonyl (C=O) groups excluding carboxylic acids is 1. The minimum absolute atomic E-state index is 0.0481. The molecule has 21 heavy (non-hydrogen) atoms. The maximum Gasteiger partial charge on any atom is 0.269 e. The molecule has 1 N–H and O–H groups in total. The summed E-state index contributed by atoms with van der Waals surface area (Å²) in [5, 5.41) is 2.46. The molecule has 1 atom stereocenters.